The SMILES string of the molecule is C1=CCC(C2CCCC[N-]2)[N-]C1.C1CCC(C2CCCC[N-]2)[N-]C1.[Pd+2]. The molecule has 3 saturated heterocycles. The van der Waals surface area contributed by atoms with E-state index in [0.717, 1.165) is 32.6 Å². The molecule has 0 aliphatic carbocycles. The maximum Gasteiger partial charge on any atom is 2.00 e. The van der Waals surface area contributed by atoms with Gasteiger partial charge in [0.1, 0.15) is 0 Å². The van der Waals surface area contributed by atoms with Crippen molar-refractivity contribution in [2.75, 3.05) is 26.2 Å². The minimum atomic E-state index is 0. The maximum atomic E-state index is 4.66. The topological polar surface area (TPSA) is 56.4 Å². The molecule has 4 nitrogen and oxygen atoms in total. The van der Waals surface area contributed by atoms with Gasteiger partial charge in [0.2, 0.25) is 0 Å². The van der Waals surface area contributed by atoms with E-state index in [4.69, 9.17) is 0 Å². The van der Waals surface area contributed by atoms with E-state index in [0.29, 0.717) is 24.2 Å². The molecule has 4 atom stereocenters. The van der Waals surface area contributed by atoms with E-state index in [-0.39, 0.29) is 20.4 Å². The van der Waals surface area contributed by atoms with E-state index < -0.39 is 0 Å². The van der Waals surface area contributed by atoms with Crippen LogP contribution in [0.15, 0.2) is 12.2 Å². The van der Waals surface area contributed by atoms with Crippen LogP contribution in [0.25, 0.3) is 21.3 Å². The minimum absolute atomic E-state index is 0. The van der Waals surface area contributed by atoms with Crippen molar-refractivity contribution >= 4 is 0 Å². The first-order valence-electron chi connectivity index (χ1n) is 10.2. The Labute approximate surface area is 168 Å². The van der Waals surface area contributed by atoms with Crippen LogP contribution in [0.4, 0.5) is 0 Å². The van der Waals surface area contributed by atoms with Gasteiger partial charge in [-0.05, 0) is 0 Å². The molecular formula is C20H34N4Pd-2. The molecule has 0 N–H and O–H groups in total. The molecule has 4 aliphatic heterocycles. The summed E-state index contributed by atoms with van der Waals surface area (Å²) in [5, 5.41) is 18.5. The van der Waals surface area contributed by atoms with E-state index in [1.54, 1.807) is 0 Å². The molecule has 0 aromatic carbocycles. The average molecular weight is 437 g/mol. The number of hydrogen-bond donors (Lipinski definition) is 0. The molecule has 146 valence electrons. The Morgan fingerprint density at radius 2 is 1.00 bits per heavy atom. The van der Waals surface area contributed by atoms with Gasteiger partial charge in [-0.3, -0.25) is 0 Å². The van der Waals surface area contributed by atoms with Crippen LogP contribution in [0.3, 0.4) is 0 Å². The molecule has 0 bridgehead atoms. The summed E-state index contributed by atoms with van der Waals surface area (Å²) < 4.78 is 0. The maximum absolute atomic E-state index is 4.66. The Bertz CT molecular complexity index is 343. The molecule has 0 aromatic rings. The van der Waals surface area contributed by atoms with Crippen LogP contribution in [0.2, 0.25) is 0 Å². The van der Waals surface area contributed by atoms with Crippen molar-refractivity contribution in [3.8, 4) is 0 Å². The van der Waals surface area contributed by atoms with Gasteiger partial charge in [-0.1, -0.05) is 70.3 Å². The Kier molecular flexibility index (Phi) is 10.9. The predicted molar refractivity (Wildman–Crippen MR) is 103 cm³/mol. The van der Waals surface area contributed by atoms with Crippen molar-refractivity contribution < 1.29 is 20.4 Å². The zero-order chi connectivity index (χ0) is 16.5. The first kappa shape index (κ1) is 21.5. The van der Waals surface area contributed by atoms with E-state index in [1.165, 1.54) is 57.8 Å². The molecule has 25 heavy (non-hydrogen) atoms. The average Bonchev–Trinajstić information content (AvgIpc) is 2.71. The van der Waals surface area contributed by atoms with Gasteiger partial charge in [0.15, 0.2) is 0 Å². The second-order valence-corrected chi connectivity index (χ2v) is 7.55. The van der Waals surface area contributed by atoms with E-state index >= 15 is 0 Å². The Balaban J connectivity index is 0.000000173. The Hall–Kier alpha value is 0.242. The van der Waals surface area contributed by atoms with Crippen LogP contribution in [-0.4, -0.2) is 50.3 Å². The molecule has 4 unspecified atom stereocenters. The molecule has 3 fully saturated rings. The third-order valence-corrected chi connectivity index (χ3v) is 5.69. The van der Waals surface area contributed by atoms with Crippen LogP contribution < -0.4 is 0 Å². The van der Waals surface area contributed by atoms with Crippen LogP contribution in [0.1, 0.15) is 64.2 Å². The quantitative estimate of drug-likeness (QED) is 0.408. The smallest absolute Gasteiger partial charge is 0.661 e. The van der Waals surface area contributed by atoms with Gasteiger partial charge in [-0.15, -0.1) is 38.3 Å². The summed E-state index contributed by atoms with van der Waals surface area (Å²) in [7, 11) is 0. The number of rotatable bonds is 2. The van der Waals surface area contributed by atoms with Gasteiger partial charge in [-0.2, -0.15) is 18.1 Å². The van der Waals surface area contributed by atoms with Crippen LogP contribution in [0, 0.1) is 0 Å². The molecular weight excluding hydrogens is 403 g/mol. The minimum Gasteiger partial charge on any atom is -0.661 e. The molecule has 4 heterocycles. The third kappa shape index (κ3) is 7.41. The molecule has 0 aromatic heterocycles. The van der Waals surface area contributed by atoms with Crippen molar-refractivity contribution in [3.05, 3.63) is 33.4 Å². The van der Waals surface area contributed by atoms with Crippen molar-refractivity contribution in [1.82, 2.24) is 0 Å². The molecule has 4 rings (SSSR count). The second kappa shape index (κ2) is 12.6. The molecule has 0 spiro atoms. The normalized spacial score (nSPS) is 35.8. The fraction of sp³-hybridized carbons (Fsp3) is 0.900. The zero-order valence-corrected chi connectivity index (χ0v) is 17.0. The number of hydrogen-bond acceptors (Lipinski definition) is 0. The van der Waals surface area contributed by atoms with Gasteiger partial charge in [-0.25, -0.2) is 0 Å². The van der Waals surface area contributed by atoms with Gasteiger partial charge in [0.05, 0.1) is 0 Å². The van der Waals surface area contributed by atoms with Crippen molar-refractivity contribution in [3.63, 3.8) is 0 Å². The van der Waals surface area contributed by atoms with E-state index in [2.05, 4.69) is 33.4 Å². The van der Waals surface area contributed by atoms with Gasteiger partial charge in [0, 0.05) is 0 Å². The fourth-order valence-electron chi connectivity index (χ4n) is 4.24. The summed E-state index contributed by atoms with van der Waals surface area (Å²) in [6, 6.07) is 2.25. The summed E-state index contributed by atoms with van der Waals surface area (Å²) in [6.45, 7) is 4.17. The number of piperidine rings is 3. The van der Waals surface area contributed by atoms with Gasteiger partial charge in [0.25, 0.3) is 0 Å². The van der Waals surface area contributed by atoms with Crippen molar-refractivity contribution in [2.45, 2.75) is 88.4 Å². The van der Waals surface area contributed by atoms with Crippen molar-refractivity contribution in [1.29, 1.82) is 0 Å². The Morgan fingerprint density at radius 3 is 1.36 bits per heavy atom. The first-order valence-corrected chi connectivity index (χ1v) is 10.2. The molecule has 0 radical (unpaired) electrons. The monoisotopic (exact) mass is 436 g/mol. The van der Waals surface area contributed by atoms with Crippen molar-refractivity contribution in [2.24, 2.45) is 0 Å². The summed E-state index contributed by atoms with van der Waals surface area (Å²) in [5.74, 6) is 0. The molecule has 4 aliphatic rings. The van der Waals surface area contributed by atoms with Gasteiger partial charge >= 0.3 is 20.4 Å². The molecule has 0 saturated carbocycles. The second-order valence-electron chi connectivity index (χ2n) is 7.55. The first-order chi connectivity index (χ1) is 11.9. The largest absolute Gasteiger partial charge is 2.00 e. The standard InChI is InChI=1S/C10H18N2.C10H16N2.Pd/c2*1-3-7-11-9(5-1)10-6-2-4-8-12-10;/h9-10H,1-8H2;1,3,9-10H,2,4-8H2;/q2*-2;+2. The third-order valence-electron chi connectivity index (χ3n) is 5.69. The molecule has 0 amide bonds. The van der Waals surface area contributed by atoms with Gasteiger partial charge < -0.3 is 21.3 Å². The molecule has 5 heteroatoms. The van der Waals surface area contributed by atoms with Crippen LogP contribution >= 0.6 is 0 Å². The summed E-state index contributed by atoms with van der Waals surface area (Å²) >= 11 is 0. The van der Waals surface area contributed by atoms with E-state index in [1.807, 2.05) is 0 Å². The number of nitrogens with zero attached hydrogens (tertiary/aromatic N) is 4. The van der Waals surface area contributed by atoms with Crippen LogP contribution in [0.5, 0.6) is 0 Å². The summed E-state index contributed by atoms with van der Waals surface area (Å²) in [5.41, 5.74) is 0. The predicted octanol–water partition coefficient (Wildman–Crippen LogP) is 5.45. The summed E-state index contributed by atoms with van der Waals surface area (Å²) in [6.07, 6.45) is 17.4. The van der Waals surface area contributed by atoms with Crippen LogP contribution in [-0.2, 0) is 20.4 Å². The Morgan fingerprint density at radius 1 is 0.520 bits per heavy atom. The summed E-state index contributed by atoms with van der Waals surface area (Å²) in [4.78, 5) is 0. The van der Waals surface area contributed by atoms with E-state index in [9.17, 15) is 0 Å². The fourth-order valence-corrected chi connectivity index (χ4v) is 4.24. The zero-order valence-electron chi connectivity index (χ0n) is 15.5.